The van der Waals surface area contributed by atoms with Gasteiger partial charge in [-0.05, 0) is 29.0 Å². The van der Waals surface area contributed by atoms with Crippen molar-refractivity contribution >= 4 is 39.0 Å². The van der Waals surface area contributed by atoms with Crippen molar-refractivity contribution in [3.63, 3.8) is 0 Å². The van der Waals surface area contributed by atoms with Gasteiger partial charge in [0.2, 0.25) is 0 Å². The van der Waals surface area contributed by atoms with E-state index in [9.17, 15) is 0 Å². The van der Waals surface area contributed by atoms with Crippen LogP contribution in [0.2, 0.25) is 0 Å². The third kappa shape index (κ3) is 1.87. The first-order chi connectivity index (χ1) is 9.83. The van der Waals surface area contributed by atoms with Gasteiger partial charge in [-0.2, -0.15) is 0 Å². The number of anilines is 1. The summed E-state index contributed by atoms with van der Waals surface area (Å²) in [5, 5.41) is 5.59. The first kappa shape index (κ1) is 12.1. The third-order valence-corrected chi connectivity index (χ3v) is 5.02. The Bertz CT molecular complexity index is 770. The lowest BCUT2D eigenvalue weighted by atomic mass is 10.1. The monoisotopic (exact) mass is 301 g/mol. The van der Waals surface area contributed by atoms with Crippen LogP contribution in [0.3, 0.4) is 0 Å². The second kappa shape index (κ2) is 4.72. The Kier molecular flexibility index (Phi) is 2.86. The molecule has 2 unspecified atom stereocenters. The number of rotatable bonds is 2. The molecule has 0 saturated carbocycles. The fraction of sp³-hybridized carbons (Fsp3) is 0.200. The van der Waals surface area contributed by atoms with E-state index >= 15 is 0 Å². The number of nitrogens with zero attached hydrogens (tertiary/aromatic N) is 2. The summed E-state index contributed by atoms with van der Waals surface area (Å²) in [6.45, 7) is 0. The van der Waals surface area contributed by atoms with E-state index in [2.05, 4.69) is 39.6 Å². The Labute approximate surface area is 125 Å². The van der Waals surface area contributed by atoms with E-state index in [-0.39, 0.29) is 11.4 Å². The van der Waals surface area contributed by atoms with E-state index in [1.165, 1.54) is 11.1 Å². The Morgan fingerprint density at radius 1 is 1.20 bits per heavy atom. The van der Waals surface area contributed by atoms with Gasteiger partial charge in [-0.15, -0.1) is 22.9 Å². The van der Waals surface area contributed by atoms with E-state index in [0.29, 0.717) is 0 Å². The summed E-state index contributed by atoms with van der Waals surface area (Å²) >= 11 is 8.17. The van der Waals surface area contributed by atoms with Crippen LogP contribution >= 0.6 is 22.9 Å². The van der Waals surface area contributed by atoms with Crippen LogP contribution in [0.25, 0.3) is 10.2 Å². The Balaban J connectivity index is 1.74. The van der Waals surface area contributed by atoms with Crippen LogP contribution in [0.5, 0.6) is 0 Å². The molecule has 20 heavy (non-hydrogen) atoms. The zero-order valence-corrected chi connectivity index (χ0v) is 12.2. The molecule has 0 spiro atoms. The molecule has 0 radical (unpaired) electrons. The molecule has 1 aliphatic rings. The molecular weight excluding hydrogens is 290 g/mol. The average Bonchev–Trinajstić information content (AvgIpc) is 3.05. The fourth-order valence-electron chi connectivity index (χ4n) is 2.75. The molecule has 2 atom stereocenters. The molecule has 2 aromatic heterocycles. The second-order valence-corrected chi connectivity index (χ2v) is 6.37. The molecule has 1 aliphatic carbocycles. The quantitative estimate of drug-likeness (QED) is 0.727. The number of thiophene rings is 1. The third-order valence-electron chi connectivity index (χ3n) is 3.70. The Hall–Kier alpha value is -1.65. The van der Waals surface area contributed by atoms with Crippen molar-refractivity contribution in [2.24, 2.45) is 0 Å². The van der Waals surface area contributed by atoms with Crippen LogP contribution in [-0.2, 0) is 6.42 Å². The maximum atomic E-state index is 6.52. The Morgan fingerprint density at radius 2 is 2.10 bits per heavy atom. The molecule has 5 heteroatoms. The molecule has 2 heterocycles. The molecule has 4 rings (SSSR count). The summed E-state index contributed by atoms with van der Waals surface area (Å²) < 4.78 is 1.08. The van der Waals surface area contributed by atoms with Gasteiger partial charge in [0, 0.05) is 0 Å². The van der Waals surface area contributed by atoms with Gasteiger partial charge in [-0.3, -0.25) is 0 Å². The zero-order valence-electron chi connectivity index (χ0n) is 10.6. The first-order valence-corrected chi connectivity index (χ1v) is 7.81. The van der Waals surface area contributed by atoms with Gasteiger partial charge >= 0.3 is 0 Å². The topological polar surface area (TPSA) is 37.8 Å². The lowest BCUT2D eigenvalue weighted by Crippen LogP contribution is -2.17. The van der Waals surface area contributed by atoms with Gasteiger partial charge in [0.1, 0.15) is 12.1 Å². The van der Waals surface area contributed by atoms with Crippen LogP contribution in [0.4, 0.5) is 5.82 Å². The standard InChI is InChI=1S/C15H12ClN3S/c16-11-7-9-3-1-2-4-10(9)13(11)19-15-14-12(5-6-20-14)17-8-18-15/h1-6,8,11,13H,7H2,(H,17,18,19). The van der Waals surface area contributed by atoms with E-state index in [4.69, 9.17) is 11.6 Å². The lowest BCUT2D eigenvalue weighted by Gasteiger charge is -2.18. The van der Waals surface area contributed by atoms with Gasteiger partial charge in [0.05, 0.1) is 21.6 Å². The molecule has 3 aromatic rings. The van der Waals surface area contributed by atoms with Crippen molar-refractivity contribution < 1.29 is 0 Å². The van der Waals surface area contributed by atoms with Crippen LogP contribution < -0.4 is 5.32 Å². The predicted octanol–water partition coefficient (Wildman–Crippen LogP) is 4.01. The number of hydrogen-bond donors (Lipinski definition) is 1. The largest absolute Gasteiger partial charge is 0.360 e. The molecule has 0 amide bonds. The summed E-state index contributed by atoms with van der Waals surface area (Å²) in [6, 6.07) is 10.5. The average molecular weight is 302 g/mol. The molecule has 100 valence electrons. The van der Waals surface area contributed by atoms with E-state index in [1.54, 1.807) is 17.7 Å². The highest BCUT2D eigenvalue weighted by Crippen LogP contribution is 2.38. The molecule has 1 N–H and O–H groups in total. The van der Waals surface area contributed by atoms with Gasteiger partial charge < -0.3 is 5.32 Å². The lowest BCUT2D eigenvalue weighted by molar-refractivity contribution is 0.768. The fourth-order valence-corrected chi connectivity index (χ4v) is 3.92. The first-order valence-electron chi connectivity index (χ1n) is 6.49. The van der Waals surface area contributed by atoms with Crippen LogP contribution in [0.15, 0.2) is 42.0 Å². The van der Waals surface area contributed by atoms with Gasteiger partial charge in [-0.1, -0.05) is 24.3 Å². The molecule has 3 nitrogen and oxygen atoms in total. The van der Waals surface area contributed by atoms with Crippen molar-refractivity contribution in [2.45, 2.75) is 17.8 Å². The number of fused-ring (bicyclic) bond motifs is 2. The van der Waals surface area contributed by atoms with Crippen molar-refractivity contribution in [1.29, 1.82) is 0 Å². The summed E-state index contributed by atoms with van der Waals surface area (Å²) in [7, 11) is 0. The minimum absolute atomic E-state index is 0.0531. The van der Waals surface area contributed by atoms with Crippen LogP contribution in [0.1, 0.15) is 17.2 Å². The Morgan fingerprint density at radius 3 is 3.05 bits per heavy atom. The molecule has 0 fully saturated rings. The molecule has 0 aliphatic heterocycles. The highest BCUT2D eigenvalue weighted by Gasteiger charge is 2.31. The summed E-state index contributed by atoms with van der Waals surface area (Å²) in [4.78, 5) is 8.65. The molecule has 0 bridgehead atoms. The number of aromatic nitrogens is 2. The molecule has 1 aromatic carbocycles. The second-order valence-electron chi connectivity index (χ2n) is 4.90. The maximum Gasteiger partial charge on any atom is 0.147 e. The van der Waals surface area contributed by atoms with Crippen molar-refractivity contribution in [2.75, 3.05) is 5.32 Å². The zero-order chi connectivity index (χ0) is 13.5. The normalized spacial score (nSPS) is 21.1. The van der Waals surface area contributed by atoms with E-state index in [0.717, 1.165) is 22.5 Å². The smallest absolute Gasteiger partial charge is 0.147 e. The van der Waals surface area contributed by atoms with Crippen molar-refractivity contribution in [3.05, 3.63) is 53.2 Å². The van der Waals surface area contributed by atoms with Gasteiger partial charge in [0.25, 0.3) is 0 Å². The highest BCUT2D eigenvalue weighted by molar-refractivity contribution is 7.17. The summed E-state index contributed by atoms with van der Waals surface area (Å²) in [5.41, 5.74) is 3.57. The molecular formula is C15H12ClN3S. The highest BCUT2D eigenvalue weighted by atomic mass is 35.5. The minimum atomic E-state index is 0.0531. The number of hydrogen-bond acceptors (Lipinski definition) is 4. The number of benzene rings is 1. The van der Waals surface area contributed by atoms with E-state index in [1.807, 2.05) is 11.4 Å². The van der Waals surface area contributed by atoms with Gasteiger partial charge in [-0.25, -0.2) is 9.97 Å². The van der Waals surface area contributed by atoms with Crippen molar-refractivity contribution in [1.82, 2.24) is 9.97 Å². The van der Waals surface area contributed by atoms with Crippen molar-refractivity contribution in [3.8, 4) is 0 Å². The summed E-state index contributed by atoms with van der Waals surface area (Å²) in [6.07, 6.45) is 2.50. The number of halogens is 1. The van der Waals surface area contributed by atoms with Gasteiger partial charge in [0.15, 0.2) is 0 Å². The van der Waals surface area contributed by atoms with E-state index < -0.39 is 0 Å². The SMILES string of the molecule is ClC1Cc2ccccc2C1Nc1ncnc2ccsc12. The number of alkyl halides is 1. The minimum Gasteiger partial charge on any atom is -0.360 e. The van der Waals surface area contributed by atoms with Crippen LogP contribution in [-0.4, -0.2) is 15.3 Å². The maximum absolute atomic E-state index is 6.52. The molecule has 0 saturated heterocycles. The number of nitrogens with one attached hydrogen (secondary N) is 1. The summed E-state index contributed by atoms with van der Waals surface area (Å²) in [5.74, 6) is 0.873. The predicted molar refractivity (Wildman–Crippen MR) is 83.6 cm³/mol. The van der Waals surface area contributed by atoms with Crippen LogP contribution in [0, 0.1) is 0 Å².